The van der Waals surface area contributed by atoms with Crippen molar-refractivity contribution in [2.75, 3.05) is 59.5 Å². The Hall–Kier alpha value is -9.78. The summed E-state index contributed by atoms with van der Waals surface area (Å²) >= 11 is 0. The van der Waals surface area contributed by atoms with Gasteiger partial charge in [0.15, 0.2) is 11.3 Å². The van der Waals surface area contributed by atoms with E-state index < -0.39 is 5.82 Å². The summed E-state index contributed by atoms with van der Waals surface area (Å²) in [5.74, 6) is -0.0578. The highest BCUT2D eigenvalue weighted by Gasteiger charge is 2.25. The average Bonchev–Trinajstić information content (AvgIpc) is 1.43. The minimum Gasteiger partial charge on any atom is -0.395 e. The summed E-state index contributed by atoms with van der Waals surface area (Å²) in [5.41, 5.74) is 13.1. The van der Waals surface area contributed by atoms with Gasteiger partial charge in [-0.05, 0) is 202 Å². The van der Waals surface area contributed by atoms with Crippen molar-refractivity contribution in [2.45, 2.75) is 77.0 Å². The maximum absolute atomic E-state index is 15.1. The second-order valence-electron chi connectivity index (χ2n) is 23.9. The number of hydrogen-bond donors (Lipinski definition) is 2. The zero-order valence-corrected chi connectivity index (χ0v) is 50.5. The molecular formula is C67H64F3N19O. The smallest absolute Gasteiger partial charge is 0.171 e. The number of aliphatic hydroxyl groups excluding tert-OH is 1. The first-order valence-corrected chi connectivity index (χ1v) is 30.3. The number of imidazole rings is 2. The molecule has 3 saturated heterocycles. The molecule has 15 rings (SSSR count). The molecule has 23 heteroatoms. The van der Waals surface area contributed by atoms with Gasteiger partial charge in [0.25, 0.3) is 0 Å². The quantitative estimate of drug-likeness (QED) is 0.144. The number of benzene rings is 4. The van der Waals surface area contributed by atoms with Gasteiger partial charge in [0, 0.05) is 69.9 Å². The van der Waals surface area contributed by atoms with Gasteiger partial charge in [0.1, 0.15) is 29.6 Å². The van der Waals surface area contributed by atoms with Crippen molar-refractivity contribution in [1.82, 2.24) is 84.7 Å². The van der Waals surface area contributed by atoms with Gasteiger partial charge < -0.3 is 20.2 Å². The topological polar surface area (TPSA) is 242 Å². The standard InChI is InChI=1S/C23H22FN7O.C22H20FN7.C22H22FN5/c1-14-13-31-23(26-14)17(12-25)10-21(29-31)16-8-19(24)18-11-20(27-28-22(18)9-16)15-2-4-30(5-3-15)6-7-32;1-13-12-30-22(25-13)16(11-24)9-20(28-30)15-7-18(23)17-10-19(26-27-21(17)8-15)14-3-5-29(2)6-4-14;1-13-7-16(8-17-12-28(2)27-22(13)17)20-11-18-19(23)9-15(10-21(18)26-25-20)14-3-5-24-6-4-14/h8-11,13,15,32H,2-7H2,1H3;7-10,12,14H,3-6H2,1-2H3;7-12,14,24H,3-6H2,1-2H3. The van der Waals surface area contributed by atoms with Crippen LogP contribution < -0.4 is 5.32 Å². The number of aromatic nitrogens is 14. The summed E-state index contributed by atoms with van der Waals surface area (Å²) in [4.78, 5) is 13.2. The number of fused-ring (bicyclic) bond motifs is 6. The molecule has 3 aliphatic rings. The van der Waals surface area contributed by atoms with Gasteiger partial charge in [-0.15, -0.1) is 10.2 Å². The Morgan fingerprint density at radius 1 is 0.533 bits per heavy atom. The fourth-order valence-electron chi connectivity index (χ4n) is 12.7. The Morgan fingerprint density at radius 2 is 1.04 bits per heavy atom. The van der Waals surface area contributed by atoms with Gasteiger partial charge in [-0.1, -0.05) is 0 Å². The first-order chi connectivity index (χ1) is 43.6. The van der Waals surface area contributed by atoms with Gasteiger partial charge in [0.05, 0.1) is 92.1 Å². The van der Waals surface area contributed by atoms with E-state index in [0.717, 1.165) is 128 Å². The summed E-state index contributed by atoms with van der Waals surface area (Å²) in [5, 5.41) is 73.6. The molecule has 0 unspecified atom stereocenters. The van der Waals surface area contributed by atoms with Crippen LogP contribution in [0.25, 0.3) is 88.7 Å². The first-order valence-electron chi connectivity index (χ1n) is 30.3. The number of aliphatic hydroxyl groups is 1. The summed E-state index contributed by atoms with van der Waals surface area (Å²) in [6.45, 7) is 12.3. The van der Waals surface area contributed by atoms with Crippen molar-refractivity contribution in [3.05, 3.63) is 160 Å². The Kier molecular flexibility index (Phi) is 16.4. The molecule has 12 aromatic rings. The van der Waals surface area contributed by atoms with E-state index in [1.807, 2.05) is 58.3 Å². The number of likely N-dealkylation sites (tertiary alicyclic amines) is 2. The van der Waals surface area contributed by atoms with Crippen molar-refractivity contribution < 1.29 is 18.3 Å². The minimum atomic E-state index is -0.395. The lowest BCUT2D eigenvalue weighted by Gasteiger charge is -2.30. The second-order valence-corrected chi connectivity index (χ2v) is 23.9. The van der Waals surface area contributed by atoms with Crippen LogP contribution in [0.1, 0.15) is 101 Å². The van der Waals surface area contributed by atoms with Crippen molar-refractivity contribution in [3.8, 4) is 45.9 Å². The van der Waals surface area contributed by atoms with Crippen LogP contribution in [0.2, 0.25) is 0 Å². The Labute approximate surface area is 515 Å². The summed E-state index contributed by atoms with van der Waals surface area (Å²) in [6.07, 6.45) is 11.3. The van der Waals surface area contributed by atoms with Gasteiger partial charge in [-0.25, -0.2) is 32.2 Å². The first kappa shape index (κ1) is 59.2. The Balaban J connectivity index is 0.000000124. The number of rotatable bonds is 8. The summed E-state index contributed by atoms with van der Waals surface area (Å²) in [7, 11) is 4.02. The van der Waals surface area contributed by atoms with E-state index in [1.54, 1.807) is 68.6 Å². The van der Waals surface area contributed by atoms with Crippen LogP contribution in [0.15, 0.2) is 97.5 Å². The largest absolute Gasteiger partial charge is 0.395 e. The third kappa shape index (κ3) is 12.1. The van der Waals surface area contributed by atoms with Crippen LogP contribution in [0.4, 0.5) is 13.2 Å². The molecule has 0 spiro atoms. The highest BCUT2D eigenvalue weighted by molar-refractivity contribution is 5.90. The molecule has 0 amide bonds. The molecule has 0 bridgehead atoms. The van der Waals surface area contributed by atoms with Crippen LogP contribution in [0.3, 0.4) is 0 Å². The number of piperidine rings is 3. The molecule has 3 aliphatic heterocycles. The maximum atomic E-state index is 15.1. The van der Waals surface area contributed by atoms with Gasteiger partial charge in [-0.2, -0.15) is 46.2 Å². The van der Waals surface area contributed by atoms with Gasteiger partial charge in [0.2, 0.25) is 0 Å². The number of nitrogens with zero attached hydrogens (tertiary/aromatic N) is 18. The maximum Gasteiger partial charge on any atom is 0.171 e. The zero-order valence-electron chi connectivity index (χ0n) is 50.5. The van der Waals surface area contributed by atoms with Crippen LogP contribution >= 0.6 is 0 Å². The molecule has 4 aromatic carbocycles. The molecule has 2 N–H and O–H groups in total. The lowest BCUT2D eigenvalue weighted by molar-refractivity contribution is 0.163. The summed E-state index contributed by atoms with van der Waals surface area (Å²) < 4.78 is 50.0. The van der Waals surface area contributed by atoms with Crippen LogP contribution in [-0.4, -0.2) is 144 Å². The SMILES string of the molecule is Cc1cc(-c2cc3c(F)cc(C4CCNCC4)cc3nn2)cc2cn(C)nc12.Cc1cn2nc(-c3cc(F)c4cc(C5CCN(C)CC5)nnc4c3)cc(C#N)c2n1.Cc1cn2nc(-c3cc(F)c4cc(C5CCN(CCO)CC5)nnc4c3)cc(C#N)c2n1. The van der Waals surface area contributed by atoms with E-state index >= 15 is 8.78 Å². The number of β-amino-alcohol motifs (C(OH)–C–C–N with tert-alkyl or cyclic N) is 1. The Morgan fingerprint density at radius 3 is 1.60 bits per heavy atom. The molecule has 0 radical (unpaired) electrons. The predicted octanol–water partition coefficient (Wildman–Crippen LogP) is 10.4. The van der Waals surface area contributed by atoms with E-state index in [4.69, 9.17) is 5.11 Å². The molecule has 20 nitrogen and oxygen atoms in total. The molecule has 0 saturated carbocycles. The van der Waals surface area contributed by atoms with Crippen LogP contribution in [-0.2, 0) is 7.05 Å². The second kappa shape index (κ2) is 25.0. The minimum absolute atomic E-state index is 0.159. The third-order valence-electron chi connectivity index (χ3n) is 17.5. The number of hydrogen-bond acceptors (Lipinski definition) is 17. The Bertz CT molecular complexity index is 4810. The lowest BCUT2D eigenvalue weighted by atomic mass is 9.89. The van der Waals surface area contributed by atoms with Crippen molar-refractivity contribution in [1.29, 1.82) is 10.5 Å². The van der Waals surface area contributed by atoms with E-state index in [-0.39, 0.29) is 24.2 Å². The molecule has 11 heterocycles. The molecule has 0 atom stereocenters. The highest BCUT2D eigenvalue weighted by atomic mass is 19.1. The normalized spacial score (nSPS) is 15.5. The average molecular weight is 1210 g/mol. The molecule has 3 fully saturated rings. The van der Waals surface area contributed by atoms with Crippen molar-refractivity contribution in [3.63, 3.8) is 0 Å². The lowest BCUT2D eigenvalue weighted by Crippen LogP contribution is -2.35. The zero-order chi connectivity index (χ0) is 62.3. The van der Waals surface area contributed by atoms with Gasteiger partial charge in [-0.3, -0.25) is 4.68 Å². The number of aryl methyl sites for hydroxylation is 4. The van der Waals surface area contributed by atoms with E-state index in [2.05, 4.69) is 90.2 Å². The monoisotopic (exact) mass is 1210 g/mol. The van der Waals surface area contributed by atoms with Crippen LogP contribution in [0, 0.1) is 60.9 Å². The number of nitrogens with one attached hydrogen (secondary N) is 1. The van der Waals surface area contributed by atoms with Crippen molar-refractivity contribution >= 4 is 54.9 Å². The van der Waals surface area contributed by atoms with Gasteiger partial charge >= 0.3 is 0 Å². The van der Waals surface area contributed by atoms with Crippen molar-refractivity contribution in [2.24, 2.45) is 7.05 Å². The summed E-state index contributed by atoms with van der Waals surface area (Å²) in [6, 6.07) is 27.1. The fourth-order valence-corrected chi connectivity index (χ4v) is 12.7. The highest BCUT2D eigenvalue weighted by Crippen LogP contribution is 2.35. The van der Waals surface area contributed by atoms with Crippen LogP contribution in [0.5, 0.6) is 0 Å². The number of halogens is 3. The number of nitriles is 2. The van der Waals surface area contributed by atoms with E-state index in [9.17, 15) is 14.9 Å². The molecule has 454 valence electrons. The third-order valence-corrected chi connectivity index (χ3v) is 17.5. The van der Waals surface area contributed by atoms with E-state index in [1.165, 1.54) is 12.1 Å². The molecule has 0 aliphatic carbocycles. The molecule has 90 heavy (non-hydrogen) atoms. The predicted molar refractivity (Wildman–Crippen MR) is 336 cm³/mol. The molecular weight excluding hydrogens is 1140 g/mol. The van der Waals surface area contributed by atoms with E-state index in [0.29, 0.717) is 102 Å². The fraction of sp³-hybridized carbons (Fsp3) is 0.328. The molecule has 8 aromatic heterocycles.